The summed E-state index contributed by atoms with van der Waals surface area (Å²) in [7, 11) is 0. The molecule has 0 aliphatic carbocycles. The predicted molar refractivity (Wildman–Crippen MR) is 86.3 cm³/mol. The summed E-state index contributed by atoms with van der Waals surface area (Å²) in [6.07, 6.45) is 3.31. The van der Waals surface area contributed by atoms with Crippen LogP contribution in [0.25, 0.3) is 0 Å². The van der Waals surface area contributed by atoms with Crippen molar-refractivity contribution in [3.05, 3.63) is 33.8 Å². The van der Waals surface area contributed by atoms with Crippen LogP contribution in [0, 0.1) is 5.41 Å². The molecule has 0 aliphatic heterocycles. The second kappa shape index (κ2) is 7.52. The molecule has 0 saturated carbocycles. The summed E-state index contributed by atoms with van der Waals surface area (Å²) in [6, 6.07) is 6.31. The Morgan fingerprint density at radius 2 is 1.89 bits per heavy atom. The number of hydrogen-bond acceptors (Lipinski definition) is 1. The summed E-state index contributed by atoms with van der Waals surface area (Å²) in [5.74, 6) is 0. The number of nitrogens with one attached hydrogen (secondary N) is 1. The standard InChI is InChI=1S/C16H25Cl2N/c1-5-19-15(16(2,3)4)8-6-7-12-9-10-13(17)11-14(12)18/h9-11,15,19H,5-8H2,1-4H3. The molecule has 0 aromatic heterocycles. The second-order valence-corrected chi connectivity index (χ2v) is 6.95. The molecule has 1 unspecified atom stereocenters. The van der Waals surface area contributed by atoms with Gasteiger partial charge in [0.15, 0.2) is 0 Å². The Morgan fingerprint density at radius 3 is 2.42 bits per heavy atom. The number of rotatable bonds is 6. The van der Waals surface area contributed by atoms with Gasteiger partial charge in [0.2, 0.25) is 0 Å². The fourth-order valence-corrected chi connectivity index (χ4v) is 2.81. The van der Waals surface area contributed by atoms with E-state index < -0.39 is 0 Å². The molecule has 1 N–H and O–H groups in total. The van der Waals surface area contributed by atoms with Gasteiger partial charge in [0.05, 0.1) is 0 Å². The maximum absolute atomic E-state index is 6.20. The van der Waals surface area contributed by atoms with E-state index in [1.807, 2.05) is 18.2 Å². The number of benzene rings is 1. The number of hydrogen-bond donors (Lipinski definition) is 1. The van der Waals surface area contributed by atoms with E-state index >= 15 is 0 Å². The van der Waals surface area contributed by atoms with E-state index in [0.717, 1.165) is 30.8 Å². The molecule has 1 nitrogen and oxygen atoms in total. The highest BCUT2D eigenvalue weighted by Crippen LogP contribution is 2.26. The first-order valence-corrected chi connectivity index (χ1v) is 7.77. The summed E-state index contributed by atoms with van der Waals surface area (Å²) in [6.45, 7) is 10.0. The summed E-state index contributed by atoms with van der Waals surface area (Å²) in [5.41, 5.74) is 1.48. The Kier molecular flexibility index (Phi) is 6.65. The van der Waals surface area contributed by atoms with E-state index in [9.17, 15) is 0 Å². The van der Waals surface area contributed by atoms with Crippen molar-refractivity contribution in [2.24, 2.45) is 5.41 Å². The predicted octanol–water partition coefficient (Wildman–Crippen LogP) is 5.34. The lowest BCUT2D eigenvalue weighted by Gasteiger charge is -2.31. The van der Waals surface area contributed by atoms with E-state index in [-0.39, 0.29) is 0 Å². The molecule has 19 heavy (non-hydrogen) atoms. The van der Waals surface area contributed by atoms with Crippen molar-refractivity contribution in [1.82, 2.24) is 5.32 Å². The summed E-state index contributed by atoms with van der Waals surface area (Å²) in [4.78, 5) is 0. The van der Waals surface area contributed by atoms with E-state index in [2.05, 4.69) is 33.0 Å². The van der Waals surface area contributed by atoms with Crippen molar-refractivity contribution in [3.8, 4) is 0 Å². The molecule has 0 saturated heterocycles. The highest BCUT2D eigenvalue weighted by molar-refractivity contribution is 6.35. The number of aryl methyl sites for hydroxylation is 1. The SMILES string of the molecule is CCNC(CCCc1ccc(Cl)cc1Cl)C(C)(C)C. The fourth-order valence-electron chi connectivity index (χ4n) is 2.31. The fraction of sp³-hybridized carbons (Fsp3) is 0.625. The van der Waals surface area contributed by atoms with Crippen LogP contribution >= 0.6 is 23.2 Å². The van der Waals surface area contributed by atoms with E-state index in [1.54, 1.807) is 0 Å². The van der Waals surface area contributed by atoms with Crippen LogP contribution in [0.15, 0.2) is 18.2 Å². The molecule has 0 heterocycles. The Morgan fingerprint density at radius 1 is 1.21 bits per heavy atom. The zero-order valence-corrected chi connectivity index (χ0v) is 13.9. The second-order valence-electron chi connectivity index (χ2n) is 6.10. The summed E-state index contributed by atoms with van der Waals surface area (Å²) in [5, 5.41) is 5.06. The highest BCUT2D eigenvalue weighted by atomic mass is 35.5. The zero-order chi connectivity index (χ0) is 14.5. The molecule has 0 spiro atoms. The van der Waals surface area contributed by atoms with Crippen LogP contribution in [0.1, 0.15) is 46.1 Å². The van der Waals surface area contributed by atoms with Crippen LogP contribution in [0.2, 0.25) is 10.0 Å². The van der Waals surface area contributed by atoms with Gasteiger partial charge in [0, 0.05) is 16.1 Å². The number of halogens is 2. The van der Waals surface area contributed by atoms with Crippen molar-refractivity contribution in [1.29, 1.82) is 0 Å². The van der Waals surface area contributed by atoms with Crippen LogP contribution in [0.3, 0.4) is 0 Å². The molecular formula is C16H25Cl2N. The Balaban J connectivity index is 2.52. The molecule has 1 aromatic carbocycles. The largest absolute Gasteiger partial charge is 0.314 e. The molecule has 1 atom stereocenters. The van der Waals surface area contributed by atoms with Gasteiger partial charge in [-0.1, -0.05) is 57.0 Å². The van der Waals surface area contributed by atoms with E-state index in [4.69, 9.17) is 23.2 Å². The average Bonchev–Trinajstić information content (AvgIpc) is 2.29. The van der Waals surface area contributed by atoms with Gasteiger partial charge >= 0.3 is 0 Å². The quantitative estimate of drug-likeness (QED) is 0.748. The molecule has 0 radical (unpaired) electrons. The van der Waals surface area contributed by atoms with E-state index in [1.165, 1.54) is 5.56 Å². The van der Waals surface area contributed by atoms with Crippen molar-refractivity contribution in [2.45, 2.75) is 53.0 Å². The maximum atomic E-state index is 6.20. The van der Waals surface area contributed by atoms with Gasteiger partial charge in [-0.05, 0) is 48.9 Å². The van der Waals surface area contributed by atoms with Gasteiger partial charge in [-0.15, -0.1) is 0 Å². The maximum Gasteiger partial charge on any atom is 0.0452 e. The van der Waals surface area contributed by atoms with Crippen molar-refractivity contribution in [2.75, 3.05) is 6.54 Å². The minimum atomic E-state index is 0.291. The third-order valence-corrected chi connectivity index (χ3v) is 4.04. The van der Waals surface area contributed by atoms with E-state index in [0.29, 0.717) is 16.5 Å². The lowest BCUT2D eigenvalue weighted by atomic mass is 9.83. The monoisotopic (exact) mass is 301 g/mol. The lowest BCUT2D eigenvalue weighted by molar-refractivity contribution is 0.254. The van der Waals surface area contributed by atoms with Crippen LogP contribution in [-0.4, -0.2) is 12.6 Å². The topological polar surface area (TPSA) is 12.0 Å². The lowest BCUT2D eigenvalue weighted by Crippen LogP contribution is -2.40. The minimum absolute atomic E-state index is 0.291. The summed E-state index contributed by atoms with van der Waals surface area (Å²) < 4.78 is 0. The third kappa shape index (κ3) is 5.72. The summed E-state index contributed by atoms with van der Waals surface area (Å²) >= 11 is 12.1. The molecule has 108 valence electrons. The van der Waals surface area contributed by atoms with Crippen LogP contribution in [-0.2, 0) is 6.42 Å². The van der Waals surface area contributed by atoms with Crippen molar-refractivity contribution < 1.29 is 0 Å². The van der Waals surface area contributed by atoms with Gasteiger partial charge in [0.1, 0.15) is 0 Å². The molecule has 0 bridgehead atoms. The first-order chi connectivity index (χ1) is 8.84. The van der Waals surface area contributed by atoms with Crippen molar-refractivity contribution in [3.63, 3.8) is 0 Å². The minimum Gasteiger partial charge on any atom is -0.314 e. The Bertz CT molecular complexity index is 396. The van der Waals surface area contributed by atoms with Gasteiger partial charge in [0.25, 0.3) is 0 Å². The average molecular weight is 302 g/mol. The Hall–Kier alpha value is -0.240. The Labute approximate surface area is 127 Å². The molecule has 0 amide bonds. The van der Waals surface area contributed by atoms with Crippen LogP contribution in [0.5, 0.6) is 0 Å². The third-order valence-electron chi connectivity index (χ3n) is 3.45. The van der Waals surface area contributed by atoms with Gasteiger partial charge in [-0.3, -0.25) is 0 Å². The molecule has 3 heteroatoms. The van der Waals surface area contributed by atoms with Crippen molar-refractivity contribution >= 4 is 23.2 Å². The molecule has 1 aromatic rings. The smallest absolute Gasteiger partial charge is 0.0452 e. The first kappa shape index (κ1) is 16.8. The van der Waals surface area contributed by atoms with Gasteiger partial charge in [-0.25, -0.2) is 0 Å². The zero-order valence-electron chi connectivity index (χ0n) is 12.4. The first-order valence-electron chi connectivity index (χ1n) is 7.02. The normalized spacial score (nSPS) is 13.6. The molecule has 0 fully saturated rings. The molecular weight excluding hydrogens is 277 g/mol. The molecule has 1 rings (SSSR count). The highest BCUT2D eigenvalue weighted by Gasteiger charge is 2.22. The van der Waals surface area contributed by atoms with Gasteiger partial charge in [-0.2, -0.15) is 0 Å². The van der Waals surface area contributed by atoms with Crippen LogP contribution in [0.4, 0.5) is 0 Å². The van der Waals surface area contributed by atoms with Gasteiger partial charge < -0.3 is 5.32 Å². The molecule has 0 aliphatic rings. The van der Waals surface area contributed by atoms with Crippen LogP contribution < -0.4 is 5.32 Å².